The van der Waals surface area contributed by atoms with Crippen LogP contribution in [0.25, 0.3) is 0 Å². The van der Waals surface area contributed by atoms with Crippen molar-refractivity contribution in [1.29, 1.82) is 0 Å². The third-order valence-corrected chi connectivity index (χ3v) is 1.91. The van der Waals surface area contributed by atoms with E-state index < -0.39 is 0 Å². The Kier molecular flexibility index (Phi) is 12.2. The van der Waals surface area contributed by atoms with E-state index in [0.29, 0.717) is 11.6 Å². The molecule has 0 heterocycles. The Balaban J connectivity index is -0.000000605. The summed E-state index contributed by atoms with van der Waals surface area (Å²) < 4.78 is 0. The first-order chi connectivity index (χ1) is 5.49. The van der Waals surface area contributed by atoms with Gasteiger partial charge in [-0.2, -0.15) is 0 Å². The molecule has 1 atom stereocenters. The molecule has 0 fully saturated rings. The van der Waals surface area contributed by atoms with Crippen molar-refractivity contribution in [2.45, 2.75) is 26.3 Å². The van der Waals surface area contributed by atoms with Crippen molar-refractivity contribution in [1.82, 2.24) is 11.1 Å². The molecule has 0 aromatic rings. The molecule has 0 aliphatic heterocycles. The summed E-state index contributed by atoms with van der Waals surface area (Å²) in [6.07, 6.45) is 2.89. The third-order valence-electron chi connectivity index (χ3n) is 1.91. The predicted molar refractivity (Wildman–Crippen MR) is 63.0 cm³/mol. The van der Waals surface area contributed by atoms with Crippen LogP contribution in [0.3, 0.4) is 0 Å². The Labute approximate surface area is 92.5 Å². The molecule has 5 heteroatoms. The summed E-state index contributed by atoms with van der Waals surface area (Å²) in [5.41, 5.74) is 5.75. The van der Waals surface area contributed by atoms with Crippen molar-refractivity contribution in [3.05, 3.63) is 11.6 Å². The number of rotatable bonds is 4. The summed E-state index contributed by atoms with van der Waals surface area (Å²) >= 11 is 0. The number of amides is 1. The van der Waals surface area contributed by atoms with Crippen molar-refractivity contribution >= 4 is 18.3 Å². The zero-order valence-electron chi connectivity index (χ0n) is 9.41. The maximum atomic E-state index is 10.7. The molecule has 0 aliphatic carbocycles. The molecule has 86 valence electrons. The number of carbonyl (C=O) groups excluding carboxylic acids is 1. The van der Waals surface area contributed by atoms with E-state index in [1.165, 1.54) is 0 Å². The van der Waals surface area contributed by atoms with Gasteiger partial charge in [0.25, 0.3) is 0 Å². The van der Waals surface area contributed by atoms with E-state index in [0.717, 1.165) is 6.42 Å². The van der Waals surface area contributed by atoms with Crippen LogP contribution in [0.1, 0.15) is 20.3 Å². The van der Waals surface area contributed by atoms with Gasteiger partial charge in [-0.1, -0.05) is 13.0 Å². The fraction of sp³-hybridized carbons (Fsp3) is 0.667. The van der Waals surface area contributed by atoms with Crippen LogP contribution in [-0.4, -0.2) is 30.9 Å². The monoisotopic (exact) mass is 223 g/mol. The molecule has 0 aromatic heterocycles. The van der Waals surface area contributed by atoms with Gasteiger partial charge >= 0.3 is 0 Å². The van der Waals surface area contributed by atoms with Crippen LogP contribution in [0, 0.1) is 0 Å². The number of likely N-dealkylation sites (N-methyl/N-ethyl adjacent to an activating group) is 1. The van der Waals surface area contributed by atoms with Gasteiger partial charge in [0.1, 0.15) is 0 Å². The predicted octanol–water partition coefficient (Wildman–Crippen LogP) is 1.34. The topological polar surface area (TPSA) is 81.3 Å². The van der Waals surface area contributed by atoms with Crippen LogP contribution in [0.2, 0.25) is 0 Å². The highest BCUT2D eigenvalue weighted by Gasteiger charge is 2.07. The van der Waals surface area contributed by atoms with E-state index in [2.05, 4.69) is 11.8 Å². The molecule has 0 rings (SSSR count). The van der Waals surface area contributed by atoms with E-state index in [1.807, 2.05) is 20.2 Å². The van der Waals surface area contributed by atoms with Crippen molar-refractivity contribution in [3.63, 3.8) is 0 Å². The largest absolute Gasteiger partial charge is 0.366 e. The Morgan fingerprint density at radius 3 is 2.14 bits per heavy atom. The second kappa shape index (κ2) is 8.99. The van der Waals surface area contributed by atoms with Gasteiger partial charge in [0.15, 0.2) is 0 Å². The highest BCUT2D eigenvalue weighted by atomic mass is 35.5. The van der Waals surface area contributed by atoms with Crippen LogP contribution in [0.5, 0.6) is 0 Å². The molecule has 0 radical (unpaired) electrons. The Morgan fingerprint density at radius 2 is 1.93 bits per heavy atom. The fourth-order valence-corrected chi connectivity index (χ4v) is 1.00. The first-order valence-electron chi connectivity index (χ1n) is 4.13. The zero-order valence-corrected chi connectivity index (χ0v) is 10.2. The Morgan fingerprint density at radius 1 is 1.50 bits per heavy atom. The molecule has 0 saturated carbocycles. The van der Waals surface area contributed by atoms with Gasteiger partial charge in [-0.05, 0) is 27.4 Å². The van der Waals surface area contributed by atoms with Crippen molar-refractivity contribution in [3.8, 4) is 0 Å². The lowest BCUT2D eigenvalue weighted by atomic mass is 10.1. The van der Waals surface area contributed by atoms with Gasteiger partial charge in [0.2, 0.25) is 5.91 Å². The summed E-state index contributed by atoms with van der Waals surface area (Å²) in [4.78, 5) is 12.8. The summed E-state index contributed by atoms with van der Waals surface area (Å²) in [5.74, 6) is -0.338. The third kappa shape index (κ3) is 6.88. The van der Waals surface area contributed by atoms with E-state index in [1.54, 1.807) is 6.92 Å². The standard InChI is InChI=1S/C9H18N2O.ClH.H3N/c1-5-8(11(3)4)6-7(2)9(10)12;;/h6,8H,5H2,1-4H3,(H2,10,12);1H;1H3. The summed E-state index contributed by atoms with van der Waals surface area (Å²) in [6, 6.07) is 0.303. The van der Waals surface area contributed by atoms with Gasteiger partial charge in [0, 0.05) is 11.6 Å². The number of primary amides is 1. The first-order valence-corrected chi connectivity index (χ1v) is 4.13. The fourth-order valence-electron chi connectivity index (χ4n) is 1.00. The molecular formula is C9H22ClN3O. The smallest absolute Gasteiger partial charge is 0.244 e. The highest BCUT2D eigenvalue weighted by molar-refractivity contribution is 5.91. The maximum Gasteiger partial charge on any atom is 0.244 e. The minimum atomic E-state index is -0.338. The number of halogens is 1. The van der Waals surface area contributed by atoms with Gasteiger partial charge in [-0.3, -0.25) is 4.79 Å². The van der Waals surface area contributed by atoms with E-state index in [-0.39, 0.29) is 24.5 Å². The molecule has 0 aromatic carbocycles. The van der Waals surface area contributed by atoms with Crippen LogP contribution in [-0.2, 0) is 4.79 Å². The second-order valence-electron chi connectivity index (χ2n) is 3.15. The van der Waals surface area contributed by atoms with Crippen LogP contribution < -0.4 is 11.9 Å². The SMILES string of the molecule is CCC(C=C(C)C(N)=O)N(C)C.Cl.N. The number of nitrogens with two attached hydrogens (primary N) is 1. The lowest BCUT2D eigenvalue weighted by molar-refractivity contribution is -0.114. The zero-order chi connectivity index (χ0) is 9.72. The highest BCUT2D eigenvalue weighted by Crippen LogP contribution is 2.04. The van der Waals surface area contributed by atoms with E-state index >= 15 is 0 Å². The number of nitrogens with zero attached hydrogens (tertiary/aromatic N) is 1. The molecule has 4 nitrogen and oxygen atoms in total. The lowest BCUT2D eigenvalue weighted by Gasteiger charge is -2.19. The van der Waals surface area contributed by atoms with Crippen molar-refractivity contribution < 1.29 is 4.79 Å². The average molecular weight is 224 g/mol. The first kappa shape index (κ1) is 19.1. The van der Waals surface area contributed by atoms with Gasteiger partial charge in [-0.25, -0.2) is 0 Å². The molecule has 1 amide bonds. The molecule has 5 N–H and O–H groups in total. The normalized spacial score (nSPS) is 12.8. The number of carbonyl (C=O) groups is 1. The van der Waals surface area contributed by atoms with E-state index in [9.17, 15) is 4.79 Å². The molecule has 0 bridgehead atoms. The minimum Gasteiger partial charge on any atom is -0.366 e. The van der Waals surface area contributed by atoms with Crippen LogP contribution in [0.15, 0.2) is 11.6 Å². The van der Waals surface area contributed by atoms with Crippen molar-refractivity contribution in [2.75, 3.05) is 14.1 Å². The lowest BCUT2D eigenvalue weighted by Crippen LogP contribution is -2.26. The van der Waals surface area contributed by atoms with Gasteiger partial charge in [-0.15, -0.1) is 12.4 Å². The molecule has 0 saturated heterocycles. The Bertz CT molecular complexity index is 192. The summed E-state index contributed by atoms with van der Waals surface area (Å²) in [5, 5.41) is 0. The summed E-state index contributed by atoms with van der Waals surface area (Å²) in [6.45, 7) is 3.82. The van der Waals surface area contributed by atoms with Crippen LogP contribution >= 0.6 is 12.4 Å². The number of hydrogen-bond acceptors (Lipinski definition) is 3. The second-order valence-corrected chi connectivity index (χ2v) is 3.15. The molecule has 0 spiro atoms. The minimum absolute atomic E-state index is 0. The average Bonchev–Trinajstić information content (AvgIpc) is 1.98. The molecular weight excluding hydrogens is 202 g/mol. The van der Waals surface area contributed by atoms with E-state index in [4.69, 9.17) is 5.73 Å². The molecule has 1 unspecified atom stereocenters. The van der Waals surface area contributed by atoms with Gasteiger partial charge in [0.05, 0.1) is 0 Å². The maximum absolute atomic E-state index is 10.7. The Hall–Kier alpha value is -0.580. The summed E-state index contributed by atoms with van der Waals surface area (Å²) in [7, 11) is 3.97. The molecule has 0 aliphatic rings. The van der Waals surface area contributed by atoms with Crippen LogP contribution in [0.4, 0.5) is 0 Å². The molecule has 14 heavy (non-hydrogen) atoms. The quantitative estimate of drug-likeness (QED) is 0.706. The van der Waals surface area contributed by atoms with Gasteiger partial charge < -0.3 is 16.8 Å². The van der Waals surface area contributed by atoms with Crippen molar-refractivity contribution in [2.24, 2.45) is 5.73 Å². The number of hydrogen-bond donors (Lipinski definition) is 2.